The molecule has 0 aliphatic carbocycles. The molecule has 0 atom stereocenters. The molecule has 0 bridgehead atoms. The van der Waals surface area contributed by atoms with Gasteiger partial charge in [0.2, 0.25) is 0 Å². The molecule has 170 valence electrons. The highest BCUT2D eigenvalue weighted by atomic mass is 79.9. The van der Waals surface area contributed by atoms with Gasteiger partial charge in [0.1, 0.15) is 17.5 Å². The van der Waals surface area contributed by atoms with E-state index in [0.717, 1.165) is 17.8 Å². The van der Waals surface area contributed by atoms with E-state index in [4.69, 9.17) is 0 Å². The van der Waals surface area contributed by atoms with Gasteiger partial charge in [-0.1, -0.05) is 49.7 Å². The Labute approximate surface area is 208 Å². The van der Waals surface area contributed by atoms with Crippen LogP contribution in [0.2, 0.25) is 0 Å². The van der Waals surface area contributed by atoms with Gasteiger partial charge in [0.15, 0.2) is 9.84 Å². The first-order chi connectivity index (χ1) is 15.5. The monoisotopic (exact) mass is 617 g/mol. The number of hydrogen-bond donors (Lipinski definition) is 1. The van der Waals surface area contributed by atoms with Crippen molar-refractivity contribution in [3.05, 3.63) is 91.0 Å². The fraction of sp³-hybridized carbons (Fsp3) is 0.0455. The Morgan fingerprint density at radius 1 is 0.970 bits per heavy atom. The molecule has 11 heteroatoms. The van der Waals surface area contributed by atoms with Crippen molar-refractivity contribution in [3.8, 4) is 0 Å². The molecule has 0 unspecified atom stereocenters. The van der Waals surface area contributed by atoms with Gasteiger partial charge in [0.25, 0.3) is 5.91 Å². The number of sulfone groups is 1. The van der Waals surface area contributed by atoms with E-state index in [1.54, 1.807) is 18.2 Å². The number of nitrogens with one attached hydrogen (secondary N) is 1. The van der Waals surface area contributed by atoms with E-state index < -0.39 is 38.8 Å². The lowest BCUT2D eigenvalue weighted by Gasteiger charge is -2.20. The fourth-order valence-electron chi connectivity index (χ4n) is 3.10. The molecule has 3 aromatic rings. The third kappa shape index (κ3) is 5.06. The number of fused-ring (bicyclic) bond motifs is 1. The maximum absolute atomic E-state index is 14.0. The van der Waals surface area contributed by atoms with E-state index >= 15 is 0 Å². The summed E-state index contributed by atoms with van der Waals surface area (Å²) in [5.41, 5.74) is 0.271. The van der Waals surface area contributed by atoms with Crippen molar-refractivity contribution in [3.63, 3.8) is 0 Å². The Kier molecular flexibility index (Phi) is 6.77. The zero-order valence-corrected chi connectivity index (χ0v) is 21.1. The van der Waals surface area contributed by atoms with Crippen molar-refractivity contribution in [1.29, 1.82) is 0 Å². The highest BCUT2D eigenvalue weighted by molar-refractivity contribution is 9.11. The van der Waals surface area contributed by atoms with Crippen LogP contribution >= 0.6 is 43.6 Å². The number of carbonyl (C=O) groups is 1. The number of anilines is 1. The van der Waals surface area contributed by atoms with Gasteiger partial charge in [-0.2, -0.15) is 0 Å². The van der Waals surface area contributed by atoms with E-state index in [9.17, 15) is 26.4 Å². The maximum atomic E-state index is 14.0. The van der Waals surface area contributed by atoms with E-state index in [1.807, 2.05) is 0 Å². The Balaban J connectivity index is 1.65. The van der Waals surface area contributed by atoms with Crippen molar-refractivity contribution in [2.24, 2.45) is 0 Å². The zero-order valence-electron chi connectivity index (χ0n) is 16.3. The van der Waals surface area contributed by atoms with E-state index in [-0.39, 0.29) is 21.2 Å². The number of benzene rings is 3. The first-order valence-corrected chi connectivity index (χ1v) is 13.3. The Morgan fingerprint density at radius 3 is 2.24 bits per heavy atom. The quantitative estimate of drug-likeness (QED) is 0.331. The molecule has 0 saturated heterocycles. The first kappa shape index (κ1) is 24.1. The van der Waals surface area contributed by atoms with Gasteiger partial charge >= 0.3 is 0 Å². The molecular weight excluding hydrogens is 607 g/mol. The van der Waals surface area contributed by atoms with Crippen LogP contribution in [0, 0.1) is 17.5 Å². The molecule has 4 rings (SSSR count). The number of carbonyl (C=O) groups excluding carboxylic acids is 1. The van der Waals surface area contributed by atoms with E-state index in [2.05, 4.69) is 37.2 Å². The molecule has 1 heterocycles. The molecule has 1 amide bonds. The lowest BCUT2D eigenvalue weighted by molar-refractivity contribution is -0.112. The topological polar surface area (TPSA) is 63.2 Å². The summed E-state index contributed by atoms with van der Waals surface area (Å²) in [5, 5.41) is 2.55. The maximum Gasteiger partial charge on any atom is 0.262 e. The van der Waals surface area contributed by atoms with Crippen LogP contribution in [0.15, 0.2) is 72.2 Å². The van der Waals surface area contributed by atoms with Crippen molar-refractivity contribution < 1.29 is 26.4 Å². The lowest BCUT2D eigenvalue weighted by atomic mass is 10.1. The minimum Gasteiger partial charge on any atom is -0.320 e. The minimum absolute atomic E-state index is 0.00727. The van der Waals surface area contributed by atoms with Crippen LogP contribution in [0.1, 0.15) is 11.1 Å². The van der Waals surface area contributed by atoms with Crippen LogP contribution < -0.4 is 5.32 Å². The second kappa shape index (κ2) is 9.28. The van der Waals surface area contributed by atoms with Gasteiger partial charge in [-0.15, -0.1) is 0 Å². The van der Waals surface area contributed by atoms with Crippen LogP contribution in [0.3, 0.4) is 0 Å². The minimum atomic E-state index is -3.76. The van der Waals surface area contributed by atoms with Gasteiger partial charge < -0.3 is 5.32 Å². The third-order valence-corrected chi connectivity index (χ3v) is 8.94. The van der Waals surface area contributed by atoms with Crippen LogP contribution in [0.25, 0.3) is 6.08 Å². The van der Waals surface area contributed by atoms with Crippen LogP contribution in [0.5, 0.6) is 0 Å². The smallest absolute Gasteiger partial charge is 0.262 e. The number of rotatable bonds is 4. The third-order valence-electron chi connectivity index (χ3n) is 4.72. The van der Waals surface area contributed by atoms with Crippen LogP contribution in [0.4, 0.5) is 18.9 Å². The molecule has 4 nitrogen and oxygen atoms in total. The lowest BCUT2D eigenvalue weighted by Crippen LogP contribution is -2.18. The number of hydrogen-bond acceptors (Lipinski definition) is 4. The summed E-state index contributed by atoms with van der Waals surface area (Å²) in [6, 6.07) is 10.5. The molecular formula is C22H12Br2F3NO3S2. The van der Waals surface area contributed by atoms with E-state index in [0.29, 0.717) is 31.5 Å². The molecule has 0 saturated carbocycles. The number of amides is 1. The summed E-state index contributed by atoms with van der Waals surface area (Å²) in [5.74, 6) is -4.29. The predicted molar refractivity (Wildman–Crippen MR) is 128 cm³/mol. The summed E-state index contributed by atoms with van der Waals surface area (Å²) in [4.78, 5) is 13.0. The fourth-order valence-corrected chi connectivity index (χ4v) is 7.09. The molecule has 33 heavy (non-hydrogen) atoms. The van der Waals surface area contributed by atoms with Crippen molar-refractivity contribution >= 4 is 71.1 Å². The normalized spacial score (nSPS) is 14.8. The molecule has 0 radical (unpaired) electrons. The van der Waals surface area contributed by atoms with Crippen molar-refractivity contribution in [1.82, 2.24) is 0 Å². The standard InChI is InChI=1S/C22H12Br2F3NO3S2/c23-15-2-1-3-16(24)14(15)10-33(30,31)12-4-5-20-19(8-12)28-22(29)21(32-20)9-13-17(26)6-11(25)7-18(13)27/h1-9H,10H2,(H,28,29)/b21-9+. The van der Waals surface area contributed by atoms with Gasteiger partial charge in [0, 0.05) is 31.5 Å². The second-order valence-electron chi connectivity index (χ2n) is 6.97. The summed E-state index contributed by atoms with van der Waals surface area (Å²) in [6.45, 7) is 0. The largest absolute Gasteiger partial charge is 0.320 e. The molecule has 1 N–H and O–H groups in total. The second-order valence-corrected chi connectivity index (χ2v) is 11.7. The van der Waals surface area contributed by atoms with Crippen molar-refractivity contribution in [2.45, 2.75) is 15.5 Å². The highest BCUT2D eigenvalue weighted by Gasteiger charge is 2.26. The summed E-state index contributed by atoms with van der Waals surface area (Å²) >= 11 is 7.63. The van der Waals surface area contributed by atoms with Crippen molar-refractivity contribution in [2.75, 3.05) is 5.32 Å². The Hall–Kier alpha value is -2.08. The number of thioether (sulfide) groups is 1. The summed E-state index contributed by atoms with van der Waals surface area (Å²) in [7, 11) is -3.76. The van der Waals surface area contributed by atoms with Gasteiger partial charge in [-0.3, -0.25) is 4.79 Å². The SMILES string of the molecule is O=C1Nc2cc(S(=O)(=O)Cc3c(Br)cccc3Br)ccc2S/C1=C/c1c(F)cc(F)cc1F. The highest BCUT2D eigenvalue weighted by Crippen LogP contribution is 2.41. The molecule has 0 aromatic heterocycles. The average molecular weight is 619 g/mol. The average Bonchev–Trinajstić information content (AvgIpc) is 2.73. The number of halogens is 5. The van der Waals surface area contributed by atoms with Crippen LogP contribution in [-0.4, -0.2) is 14.3 Å². The molecule has 1 aliphatic rings. The summed E-state index contributed by atoms with van der Waals surface area (Å²) in [6.07, 6.45) is 0.988. The molecule has 3 aromatic carbocycles. The molecule has 1 aliphatic heterocycles. The zero-order chi connectivity index (χ0) is 23.9. The predicted octanol–water partition coefficient (Wildman–Crippen LogP) is 6.69. The summed E-state index contributed by atoms with van der Waals surface area (Å²) < 4.78 is 68.3. The van der Waals surface area contributed by atoms with Gasteiger partial charge in [0.05, 0.1) is 21.2 Å². The molecule has 0 spiro atoms. The Morgan fingerprint density at radius 2 is 1.61 bits per heavy atom. The van der Waals surface area contributed by atoms with Crippen LogP contribution in [-0.2, 0) is 20.4 Å². The first-order valence-electron chi connectivity index (χ1n) is 9.20. The molecule has 0 fully saturated rings. The van der Waals surface area contributed by atoms with Gasteiger partial charge in [-0.25, -0.2) is 21.6 Å². The van der Waals surface area contributed by atoms with E-state index in [1.165, 1.54) is 18.2 Å². The van der Waals surface area contributed by atoms with Gasteiger partial charge in [-0.05, 0) is 42.0 Å². The Bertz CT molecular complexity index is 1400.